The van der Waals surface area contributed by atoms with E-state index in [1.54, 1.807) is 11.7 Å². The molecule has 1 aliphatic carbocycles. The second-order valence-corrected chi connectivity index (χ2v) is 5.09. The maximum absolute atomic E-state index is 11.8. The van der Waals surface area contributed by atoms with Crippen molar-refractivity contribution in [2.24, 2.45) is 0 Å². The first-order valence-electron chi connectivity index (χ1n) is 5.03. The summed E-state index contributed by atoms with van der Waals surface area (Å²) in [7, 11) is 0. The quantitative estimate of drug-likeness (QED) is 0.830. The van der Waals surface area contributed by atoms with Crippen LogP contribution in [0.15, 0.2) is 11.7 Å². The highest BCUT2D eigenvalue weighted by Crippen LogP contribution is 2.31. The SMILES string of the molecule is O=C(NC1(CCl)CCCC1)c1cncs1. The fourth-order valence-corrected chi connectivity index (χ4v) is 2.82. The lowest BCUT2D eigenvalue weighted by atomic mass is 10.0. The van der Waals surface area contributed by atoms with Gasteiger partial charge in [-0.15, -0.1) is 22.9 Å². The predicted molar refractivity (Wildman–Crippen MR) is 61.5 cm³/mol. The number of carbonyl (C=O) groups excluding carboxylic acids is 1. The first-order chi connectivity index (χ1) is 7.26. The van der Waals surface area contributed by atoms with E-state index in [9.17, 15) is 4.79 Å². The Bertz CT molecular complexity index is 333. The summed E-state index contributed by atoms with van der Waals surface area (Å²) in [5, 5.41) is 3.04. The molecule has 0 bridgehead atoms. The number of thiazole rings is 1. The molecule has 3 nitrogen and oxygen atoms in total. The summed E-state index contributed by atoms with van der Waals surface area (Å²) in [5.41, 5.74) is 1.49. The van der Waals surface area contributed by atoms with E-state index in [1.165, 1.54) is 11.3 Å². The molecule has 0 aliphatic heterocycles. The van der Waals surface area contributed by atoms with Crippen LogP contribution >= 0.6 is 22.9 Å². The van der Waals surface area contributed by atoms with Crippen LogP contribution in [0.5, 0.6) is 0 Å². The van der Waals surface area contributed by atoms with Gasteiger partial charge < -0.3 is 5.32 Å². The zero-order chi connectivity index (χ0) is 10.7. The fraction of sp³-hybridized carbons (Fsp3) is 0.600. The Kier molecular flexibility index (Phi) is 3.26. The topological polar surface area (TPSA) is 42.0 Å². The fourth-order valence-electron chi connectivity index (χ4n) is 1.97. The molecule has 1 N–H and O–H groups in total. The number of hydrogen-bond acceptors (Lipinski definition) is 3. The van der Waals surface area contributed by atoms with E-state index in [0.717, 1.165) is 25.7 Å². The third-order valence-electron chi connectivity index (χ3n) is 2.85. The molecule has 1 aromatic rings. The standard InChI is InChI=1S/C10H13ClN2OS/c11-6-10(3-1-2-4-10)13-9(14)8-5-12-7-15-8/h5,7H,1-4,6H2,(H,13,14). The van der Waals surface area contributed by atoms with Crippen molar-refractivity contribution in [2.45, 2.75) is 31.2 Å². The average molecular weight is 245 g/mol. The van der Waals surface area contributed by atoms with Crippen molar-refractivity contribution < 1.29 is 4.79 Å². The van der Waals surface area contributed by atoms with Gasteiger partial charge in [0.25, 0.3) is 5.91 Å². The molecule has 0 spiro atoms. The Morgan fingerprint density at radius 1 is 1.60 bits per heavy atom. The second kappa shape index (κ2) is 4.49. The summed E-state index contributed by atoms with van der Waals surface area (Å²) in [6.45, 7) is 0. The highest BCUT2D eigenvalue weighted by molar-refractivity contribution is 7.11. The predicted octanol–water partition coefficient (Wildman–Crippen LogP) is 2.42. The molecule has 1 saturated carbocycles. The Hall–Kier alpha value is -0.610. The first-order valence-corrected chi connectivity index (χ1v) is 6.44. The zero-order valence-corrected chi connectivity index (χ0v) is 9.90. The van der Waals surface area contributed by atoms with Crippen LogP contribution in [0, 0.1) is 0 Å². The van der Waals surface area contributed by atoms with Crippen LogP contribution in [0.25, 0.3) is 0 Å². The van der Waals surface area contributed by atoms with Gasteiger partial charge in [0.15, 0.2) is 0 Å². The Morgan fingerprint density at radius 3 is 2.87 bits per heavy atom. The molecular formula is C10H13ClN2OS. The number of nitrogens with zero attached hydrogens (tertiary/aromatic N) is 1. The minimum absolute atomic E-state index is 0.0416. The smallest absolute Gasteiger partial charge is 0.263 e. The van der Waals surface area contributed by atoms with E-state index < -0.39 is 0 Å². The Balaban J connectivity index is 2.04. The van der Waals surface area contributed by atoms with Gasteiger partial charge in [-0.05, 0) is 12.8 Å². The van der Waals surface area contributed by atoms with Crippen molar-refractivity contribution in [1.82, 2.24) is 10.3 Å². The summed E-state index contributed by atoms with van der Waals surface area (Å²) in [4.78, 5) is 16.4. The number of halogens is 1. The molecule has 0 saturated heterocycles. The van der Waals surface area contributed by atoms with Crippen molar-refractivity contribution in [3.63, 3.8) is 0 Å². The molecule has 2 rings (SSSR count). The summed E-state index contributed by atoms with van der Waals surface area (Å²) < 4.78 is 0. The summed E-state index contributed by atoms with van der Waals surface area (Å²) >= 11 is 7.30. The minimum Gasteiger partial charge on any atom is -0.345 e. The van der Waals surface area contributed by atoms with Crippen molar-refractivity contribution in [3.05, 3.63) is 16.6 Å². The summed E-state index contributed by atoms with van der Waals surface area (Å²) in [5.74, 6) is 0.456. The third-order valence-corrected chi connectivity index (χ3v) is 4.13. The minimum atomic E-state index is -0.178. The maximum atomic E-state index is 11.8. The van der Waals surface area contributed by atoms with Crippen LogP contribution in [0.1, 0.15) is 35.4 Å². The van der Waals surface area contributed by atoms with Crippen molar-refractivity contribution in [2.75, 3.05) is 5.88 Å². The lowest BCUT2D eigenvalue weighted by Gasteiger charge is -2.27. The molecule has 15 heavy (non-hydrogen) atoms. The van der Waals surface area contributed by atoms with E-state index in [0.29, 0.717) is 10.8 Å². The zero-order valence-electron chi connectivity index (χ0n) is 8.33. The third kappa shape index (κ3) is 2.32. The maximum Gasteiger partial charge on any atom is 0.263 e. The van der Waals surface area contributed by atoms with Gasteiger partial charge in [-0.3, -0.25) is 9.78 Å². The van der Waals surface area contributed by atoms with Crippen LogP contribution in [0.4, 0.5) is 0 Å². The largest absolute Gasteiger partial charge is 0.345 e. The van der Waals surface area contributed by atoms with E-state index in [4.69, 9.17) is 11.6 Å². The van der Waals surface area contributed by atoms with Gasteiger partial charge in [-0.2, -0.15) is 0 Å². The lowest BCUT2D eigenvalue weighted by Crippen LogP contribution is -2.47. The highest BCUT2D eigenvalue weighted by Gasteiger charge is 2.34. The van der Waals surface area contributed by atoms with E-state index in [2.05, 4.69) is 10.3 Å². The molecule has 0 atom stereocenters. The van der Waals surface area contributed by atoms with Gasteiger partial charge in [0.05, 0.1) is 17.2 Å². The van der Waals surface area contributed by atoms with Gasteiger partial charge in [0.2, 0.25) is 0 Å². The second-order valence-electron chi connectivity index (χ2n) is 3.94. The summed E-state index contributed by atoms with van der Waals surface area (Å²) in [6.07, 6.45) is 5.87. The van der Waals surface area contributed by atoms with Gasteiger partial charge in [0, 0.05) is 5.88 Å². The molecule has 1 aliphatic rings. The van der Waals surface area contributed by atoms with Gasteiger partial charge >= 0.3 is 0 Å². The molecule has 82 valence electrons. The first kappa shape index (κ1) is 10.9. The van der Waals surface area contributed by atoms with Crippen LogP contribution in [-0.4, -0.2) is 22.3 Å². The molecule has 0 unspecified atom stereocenters. The summed E-state index contributed by atoms with van der Waals surface area (Å²) in [6, 6.07) is 0. The molecule has 1 amide bonds. The molecule has 1 heterocycles. The van der Waals surface area contributed by atoms with Crippen LogP contribution in [0.3, 0.4) is 0 Å². The molecule has 1 aromatic heterocycles. The van der Waals surface area contributed by atoms with Crippen molar-refractivity contribution in [1.29, 1.82) is 0 Å². The molecule has 0 radical (unpaired) electrons. The lowest BCUT2D eigenvalue weighted by molar-refractivity contribution is 0.0913. The molecule has 0 aromatic carbocycles. The Labute approximate surface area is 97.9 Å². The van der Waals surface area contributed by atoms with Gasteiger partial charge in [-0.1, -0.05) is 12.8 Å². The number of hydrogen-bond donors (Lipinski definition) is 1. The normalized spacial score (nSPS) is 19.0. The van der Waals surface area contributed by atoms with E-state index in [-0.39, 0.29) is 11.4 Å². The number of nitrogens with one attached hydrogen (secondary N) is 1. The van der Waals surface area contributed by atoms with Crippen molar-refractivity contribution >= 4 is 28.8 Å². The van der Waals surface area contributed by atoms with Crippen LogP contribution in [-0.2, 0) is 0 Å². The molecular weight excluding hydrogens is 232 g/mol. The number of carbonyl (C=O) groups is 1. The average Bonchev–Trinajstić information content (AvgIpc) is 2.88. The van der Waals surface area contributed by atoms with Crippen molar-refractivity contribution in [3.8, 4) is 0 Å². The van der Waals surface area contributed by atoms with E-state index >= 15 is 0 Å². The number of rotatable bonds is 3. The molecule has 5 heteroatoms. The van der Waals surface area contributed by atoms with Gasteiger partial charge in [-0.25, -0.2) is 0 Å². The van der Waals surface area contributed by atoms with Crippen LogP contribution in [0.2, 0.25) is 0 Å². The van der Waals surface area contributed by atoms with Crippen LogP contribution < -0.4 is 5.32 Å². The Morgan fingerprint density at radius 2 is 2.33 bits per heavy atom. The number of amides is 1. The number of alkyl halides is 1. The monoisotopic (exact) mass is 244 g/mol. The van der Waals surface area contributed by atoms with Gasteiger partial charge in [0.1, 0.15) is 4.88 Å². The highest BCUT2D eigenvalue weighted by atomic mass is 35.5. The van der Waals surface area contributed by atoms with E-state index in [1.807, 2.05) is 0 Å². The number of aromatic nitrogens is 1. The molecule has 1 fully saturated rings.